The highest BCUT2D eigenvalue weighted by atomic mass is 31.2. The third kappa shape index (κ3) is 2.41. The van der Waals surface area contributed by atoms with Gasteiger partial charge in [-0.2, -0.15) is 0 Å². The zero-order chi connectivity index (χ0) is 11.6. The van der Waals surface area contributed by atoms with E-state index >= 15 is 0 Å². The molecule has 1 aliphatic heterocycles. The van der Waals surface area contributed by atoms with Crippen molar-refractivity contribution in [2.45, 2.75) is 6.42 Å². The third-order valence-electron chi connectivity index (χ3n) is 1.84. The molecule has 1 aliphatic rings. The fourth-order valence-corrected chi connectivity index (χ4v) is 2.64. The van der Waals surface area contributed by atoms with Gasteiger partial charge < -0.3 is 4.52 Å². The second-order valence-electron chi connectivity index (χ2n) is 3.20. The van der Waals surface area contributed by atoms with Gasteiger partial charge in [-0.15, -0.1) is 0 Å². The van der Waals surface area contributed by atoms with E-state index in [9.17, 15) is 14.2 Å². The molecule has 0 saturated carbocycles. The van der Waals surface area contributed by atoms with E-state index in [1.54, 1.807) is 30.3 Å². The molecule has 0 atom stereocenters. The molecule has 0 unspecified atom stereocenters. The summed E-state index contributed by atoms with van der Waals surface area (Å²) in [5, 5.41) is 4.27. The van der Waals surface area contributed by atoms with Gasteiger partial charge in [-0.3, -0.25) is 19.8 Å². The van der Waals surface area contributed by atoms with E-state index in [-0.39, 0.29) is 6.42 Å². The van der Waals surface area contributed by atoms with Crippen LogP contribution < -0.4 is 14.7 Å². The number of benzene rings is 1. The lowest BCUT2D eigenvalue weighted by molar-refractivity contribution is -0.128. The van der Waals surface area contributed by atoms with E-state index in [4.69, 9.17) is 4.52 Å². The molecule has 1 aromatic rings. The summed E-state index contributed by atoms with van der Waals surface area (Å²) >= 11 is 0. The minimum Gasteiger partial charge on any atom is -0.414 e. The van der Waals surface area contributed by atoms with Crippen molar-refractivity contribution in [1.82, 2.24) is 10.2 Å². The summed E-state index contributed by atoms with van der Waals surface area (Å²) < 4.78 is 17.0. The van der Waals surface area contributed by atoms with Gasteiger partial charge in [0, 0.05) is 0 Å². The molecule has 0 aromatic heterocycles. The fraction of sp³-hybridized carbons (Fsp3) is 0.111. The number of para-hydroxylation sites is 1. The van der Waals surface area contributed by atoms with Crippen LogP contribution in [0.1, 0.15) is 6.42 Å². The minimum absolute atomic E-state index is 0.313. The van der Waals surface area contributed by atoms with Crippen LogP contribution in [0.15, 0.2) is 30.3 Å². The Hall–Kier alpha value is -1.81. The van der Waals surface area contributed by atoms with Crippen molar-refractivity contribution in [3.8, 4) is 5.75 Å². The summed E-state index contributed by atoms with van der Waals surface area (Å²) in [7, 11) is -3.65. The summed E-state index contributed by atoms with van der Waals surface area (Å²) in [6.45, 7) is 0. The van der Waals surface area contributed by atoms with Crippen LogP contribution in [-0.4, -0.2) is 11.8 Å². The molecule has 1 fully saturated rings. The number of carbonyl (C=O) groups is 2. The van der Waals surface area contributed by atoms with Crippen LogP contribution in [0.4, 0.5) is 0 Å². The minimum atomic E-state index is -3.65. The smallest absolute Gasteiger partial charge is 0.414 e. The van der Waals surface area contributed by atoms with Gasteiger partial charge in [0.25, 0.3) is 0 Å². The van der Waals surface area contributed by atoms with Crippen molar-refractivity contribution in [1.29, 1.82) is 0 Å². The van der Waals surface area contributed by atoms with Crippen LogP contribution in [0.5, 0.6) is 5.75 Å². The van der Waals surface area contributed by atoms with Gasteiger partial charge in [0.05, 0.1) is 0 Å². The molecule has 16 heavy (non-hydrogen) atoms. The zero-order valence-corrected chi connectivity index (χ0v) is 9.07. The van der Waals surface area contributed by atoms with Crippen molar-refractivity contribution >= 4 is 19.5 Å². The van der Waals surface area contributed by atoms with Crippen LogP contribution >= 0.6 is 7.67 Å². The third-order valence-corrected chi connectivity index (χ3v) is 3.40. The van der Waals surface area contributed by atoms with Gasteiger partial charge in [-0.1, -0.05) is 18.2 Å². The normalized spacial score (nSPS) is 18.5. The van der Waals surface area contributed by atoms with Crippen LogP contribution in [0, 0.1) is 0 Å². The molecule has 7 heteroatoms. The van der Waals surface area contributed by atoms with Crippen LogP contribution in [0.25, 0.3) is 0 Å². The monoisotopic (exact) mass is 240 g/mol. The molecule has 84 valence electrons. The van der Waals surface area contributed by atoms with Gasteiger partial charge in [0.15, 0.2) is 0 Å². The Bertz CT molecular complexity index is 454. The first-order valence-electron chi connectivity index (χ1n) is 4.54. The first-order valence-corrected chi connectivity index (χ1v) is 6.17. The highest BCUT2D eigenvalue weighted by molar-refractivity contribution is 7.57. The fourth-order valence-electron chi connectivity index (χ4n) is 1.26. The molecule has 1 aromatic carbocycles. The number of hydrogen-bond acceptors (Lipinski definition) is 4. The second-order valence-corrected chi connectivity index (χ2v) is 4.94. The van der Waals surface area contributed by atoms with Crippen molar-refractivity contribution < 1.29 is 18.7 Å². The van der Waals surface area contributed by atoms with Crippen LogP contribution in [0.2, 0.25) is 0 Å². The highest BCUT2D eigenvalue weighted by Gasteiger charge is 2.35. The average Bonchev–Trinajstić information content (AvgIpc) is 2.15. The first kappa shape index (κ1) is 10.7. The number of nitrogens with one attached hydrogen (secondary N) is 2. The van der Waals surface area contributed by atoms with Crippen LogP contribution in [0.3, 0.4) is 0 Å². The van der Waals surface area contributed by atoms with Gasteiger partial charge >= 0.3 is 7.67 Å². The number of hydrogen-bond donors (Lipinski definition) is 2. The van der Waals surface area contributed by atoms with E-state index in [2.05, 4.69) is 10.2 Å². The predicted molar refractivity (Wildman–Crippen MR) is 55.6 cm³/mol. The summed E-state index contributed by atoms with van der Waals surface area (Å²) in [5.74, 6) is -0.903. The summed E-state index contributed by atoms with van der Waals surface area (Å²) in [5.41, 5.74) is 0. The molecule has 2 N–H and O–H groups in total. The molecule has 0 spiro atoms. The maximum absolute atomic E-state index is 11.9. The second kappa shape index (κ2) is 3.98. The Morgan fingerprint density at radius 2 is 1.62 bits per heavy atom. The number of rotatable bonds is 2. The summed E-state index contributed by atoms with van der Waals surface area (Å²) in [4.78, 5) is 22.1. The predicted octanol–water partition coefficient (Wildman–Crippen LogP) is 0.810. The molecular weight excluding hydrogens is 231 g/mol. The Labute approximate surface area is 91.5 Å². The van der Waals surface area contributed by atoms with E-state index in [0.717, 1.165) is 0 Å². The van der Waals surface area contributed by atoms with Gasteiger partial charge in [-0.25, -0.2) is 4.57 Å². The lowest BCUT2D eigenvalue weighted by Gasteiger charge is -2.23. The standard InChI is InChI=1S/C9H9N2O4P/c12-8-6-9(13)11-16(14,10-8)15-7-4-2-1-3-5-7/h1-5H,6H2,(H2,10,11,12,13,14). The lowest BCUT2D eigenvalue weighted by atomic mass is 10.3. The van der Waals surface area contributed by atoms with Crippen molar-refractivity contribution in [2.75, 3.05) is 0 Å². The maximum atomic E-state index is 11.9. The van der Waals surface area contributed by atoms with Crippen molar-refractivity contribution in [2.24, 2.45) is 0 Å². The molecule has 1 saturated heterocycles. The van der Waals surface area contributed by atoms with Crippen molar-refractivity contribution in [3.63, 3.8) is 0 Å². The van der Waals surface area contributed by atoms with E-state index in [1.807, 2.05) is 0 Å². The topological polar surface area (TPSA) is 84.5 Å². The van der Waals surface area contributed by atoms with Gasteiger partial charge in [0.2, 0.25) is 11.8 Å². The summed E-state index contributed by atoms with van der Waals surface area (Å²) in [6, 6.07) is 8.30. The van der Waals surface area contributed by atoms with Gasteiger partial charge in [0.1, 0.15) is 12.2 Å². The molecule has 0 aliphatic carbocycles. The average molecular weight is 240 g/mol. The quantitative estimate of drug-likeness (QED) is 0.591. The Balaban J connectivity index is 2.17. The Kier molecular flexibility index (Phi) is 2.66. The molecule has 0 radical (unpaired) electrons. The first-order chi connectivity index (χ1) is 7.57. The molecular formula is C9H9N2O4P. The van der Waals surface area contributed by atoms with Gasteiger partial charge in [-0.05, 0) is 12.1 Å². The lowest BCUT2D eigenvalue weighted by Crippen LogP contribution is -2.41. The van der Waals surface area contributed by atoms with Crippen molar-refractivity contribution in [3.05, 3.63) is 30.3 Å². The summed E-state index contributed by atoms with van der Waals surface area (Å²) in [6.07, 6.45) is -0.331. The molecule has 1 heterocycles. The SMILES string of the molecule is O=C1CC(=O)NP(=O)(Oc2ccccc2)N1. The van der Waals surface area contributed by atoms with E-state index < -0.39 is 19.5 Å². The van der Waals surface area contributed by atoms with Crippen LogP contribution in [-0.2, 0) is 14.2 Å². The number of amides is 2. The molecule has 0 bridgehead atoms. The molecule has 6 nitrogen and oxygen atoms in total. The Morgan fingerprint density at radius 3 is 2.19 bits per heavy atom. The molecule has 2 rings (SSSR count). The largest absolute Gasteiger partial charge is 0.448 e. The van der Waals surface area contributed by atoms with E-state index in [1.165, 1.54) is 0 Å². The molecule has 2 amide bonds. The Morgan fingerprint density at radius 1 is 1.06 bits per heavy atom. The number of carbonyl (C=O) groups excluding carboxylic acids is 2. The zero-order valence-electron chi connectivity index (χ0n) is 8.17. The maximum Gasteiger partial charge on any atom is 0.448 e. The van der Waals surface area contributed by atoms with E-state index in [0.29, 0.717) is 5.75 Å². The highest BCUT2D eigenvalue weighted by Crippen LogP contribution is 2.40.